The third-order valence-electron chi connectivity index (χ3n) is 6.83. The molecule has 0 saturated heterocycles. The van der Waals surface area contributed by atoms with Gasteiger partial charge in [-0.25, -0.2) is 0 Å². The molecule has 0 amide bonds. The molecule has 5 aromatic rings. The molecule has 6 nitrogen and oxygen atoms in total. The predicted octanol–water partition coefficient (Wildman–Crippen LogP) is 5.64. The van der Waals surface area contributed by atoms with E-state index >= 15 is 0 Å². The van der Waals surface area contributed by atoms with E-state index in [0.717, 1.165) is 37.3 Å². The van der Waals surface area contributed by atoms with E-state index in [1.807, 2.05) is 96.2 Å². The normalized spacial score (nSPS) is 13.7. The number of nitrogens with one attached hydrogen (secondary N) is 2. The maximum absolute atomic E-state index is 4.41. The Morgan fingerprint density at radius 3 is 2.11 bits per heavy atom. The fourth-order valence-electron chi connectivity index (χ4n) is 4.80. The minimum Gasteiger partial charge on any atom is -1.00 e. The average Bonchev–Trinajstić information content (AvgIpc) is 3.59. The van der Waals surface area contributed by atoms with E-state index in [4.69, 9.17) is 0 Å². The van der Waals surface area contributed by atoms with Crippen molar-refractivity contribution in [1.29, 1.82) is 0 Å². The Morgan fingerprint density at radius 1 is 0.727 bits per heavy atom. The number of nitrogens with zero attached hydrogens (tertiary/aromatic N) is 4. The smallest absolute Gasteiger partial charge is 0.262 e. The first-order valence-electron chi connectivity index (χ1n) is 14.3. The lowest BCUT2D eigenvalue weighted by Crippen LogP contribution is -3.00. The van der Waals surface area contributed by atoms with Gasteiger partial charge in [-0.15, -0.1) is 0 Å². The van der Waals surface area contributed by atoms with Crippen molar-refractivity contribution in [3.05, 3.63) is 131 Å². The molecular formula is C35H33BrN6S2. The van der Waals surface area contributed by atoms with E-state index in [-0.39, 0.29) is 17.0 Å². The number of para-hydroxylation sites is 4. The molecule has 2 N–H and O–H groups in total. The summed E-state index contributed by atoms with van der Waals surface area (Å²) in [7, 11) is 0. The van der Waals surface area contributed by atoms with Crippen LogP contribution in [0, 0.1) is 0 Å². The fraction of sp³-hybridized carbons (Fsp3) is 0.114. The highest BCUT2D eigenvalue weighted by atomic mass is 79.9. The Labute approximate surface area is 277 Å². The van der Waals surface area contributed by atoms with Crippen molar-refractivity contribution >= 4 is 68.9 Å². The lowest BCUT2D eigenvalue weighted by Gasteiger charge is -2.19. The Hall–Kier alpha value is -4.18. The molecule has 0 fully saturated rings. The third-order valence-corrected chi connectivity index (χ3v) is 9.09. The molecule has 9 heteroatoms. The first-order valence-corrected chi connectivity index (χ1v) is 16.0. The van der Waals surface area contributed by atoms with Crippen molar-refractivity contribution in [2.24, 2.45) is 10.2 Å². The number of rotatable bonds is 12. The predicted molar refractivity (Wildman–Crippen MR) is 185 cm³/mol. The van der Waals surface area contributed by atoms with E-state index in [1.54, 1.807) is 0 Å². The Kier molecular flexibility index (Phi) is 11.4. The number of aryl methyl sites for hydroxylation is 1. The Balaban J connectivity index is 0.00000384. The number of allylic oxidation sites excluding steroid dienone is 2. The molecule has 1 aliphatic rings. The number of benzene rings is 4. The van der Waals surface area contributed by atoms with Crippen molar-refractivity contribution in [1.82, 2.24) is 0 Å². The van der Waals surface area contributed by atoms with Gasteiger partial charge in [-0.05, 0) is 48.5 Å². The highest BCUT2D eigenvalue weighted by Gasteiger charge is 2.24. The van der Waals surface area contributed by atoms with Gasteiger partial charge in [0.05, 0.1) is 22.1 Å². The summed E-state index contributed by atoms with van der Waals surface area (Å²) in [6.07, 6.45) is 12.2. The number of aromatic nitrogens is 1. The van der Waals surface area contributed by atoms with Crippen molar-refractivity contribution in [2.75, 3.05) is 22.3 Å². The number of fused-ring (bicyclic) bond motifs is 2. The second-order valence-corrected chi connectivity index (χ2v) is 11.9. The average molecular weight is 682 g/mol. The molecule has 6 rings (SSSR count). The van der Waals surface area contributed by atoms with E-state index in [2.05, 4.69) is 97.3 Å². The molecular weight excluding hydrogens is 648 g/mol. The van der Waals surface area contributed by atoms with Crippen molar-refractivity contribution in [2.45, 2.75) is 24.3 Å². The number of halogens is 1. The summed E-state index contributed by atoms with van der Waals surface area (Å²) in [5, 5.41) is 11.3. The molecule has 44 heavy (non-hydrogen) atoms. The SMILES string of the molecule is C(=Cc1sc2ccccc2[n+]1CCC=NNc1ccccc1)C=C1Sc2ccccc2N1CCC=NNc1ccccc1.[Br-]. The Morgan fingerprint density at radius 2 is 1.36 bits per heavy atom. The maximum atomic E-state index is 4.41. The number of hydrogen-bond donors (Lipinski definition) is 2. The molecule has 0 saturated carbocycles. The van der Waals surface area contributed by atoms with Gasteiger partial charge in [0.2, 0.25) is 5.52 Å². The minimum atomic E-state index is 0. The van der Waals surface area contributed by atoms with Gasteiger partial charge in [-0.3, -0.25) is 10.9 Å². The summed E-state index contributed by atoms with van der Waals surface area (Å²) in [5.41, 5.74) is 10.7. The van der Waals surface area contributed by atoms with Crippen molar-refractivity contribution < 1.29 is 21.5 Å². The quantitative estimate of drug-likeness (QED) is 0.102. The largest absolute Gasteiger partial charge is 1.00 e. The molecule has 1 aromatic heterocycles. The van der Waals surface area contributed by atoms with Gasteiger partial charge in [0.25, 0.3) is 5.01 Å². The van der Waals surface area contributed by atoms with Crippen LogP contribution in [0.4, 0.5) is 17.1 Å². The standard InChI is InChI=1S/C35H33N6S2.BrH/c1-3-14-28(15-4-1)38-36-24-12-26-40-30-18-7-9-20-32(30)42-34(40)22-11-23-35-41(31-19-8-10-21-33(31)43-35)27-13-25-37-39-29-16-5-2-6-17-29;/h1-11,14-25,38-39H,12-13,26-27H2;1H/q+1;/p-1. The lowest BCUT2D eigenvalue weighted by atomic mass is 10.2. The van der Waals surface area contributed by atoms with Crippen LogP contribution in [-0.4, -0.2) is 19.0 Å². The molecule has 1 aliphatic heterocycles. The number of thioether (sulfide) groups is 1. The van der Waals surface area contributed by atoms with Crippen LogP contribution >= 0.6 is 23.1 Å². The molecule has 0 bridgehead atoms. The second kappa shape index (κ2) is 16.0. The number of hydrogen-bond acceptors (Lipinski definition) is 7. The summed E-state index contributed by atoms with van der Waals surface area (Å²) in [4.78, 5) is 3.66. The van der Waals surface area contributed by atoms with E-state index in [0.29, 0.717) is 0 Å². The van der Waals surface area contributed by atoms with Gasteiger partial charge in [0, 0.05) is 48.9 Å². The highest BCUT2D eigenvalue weighted by Crippen LogP contribution is 2.45. The van der Waals surface area contributed by atoms with Crippen LogP contribution < -0.4 is 37.3 Å². The van der Waals surface area contributed by atoms with E-state index in [9.17, 15) is 0 Å². The monoisotopic (exact) mass is 680 g/mol. The minimum absolute atomic E-state index is 0. The molecule has 4 aromatic carbocycles. The summed E-state index contributed by atoms with van der Waals surface area (Å²) < 4.78 is 3.66. The van der Waals surface area contributed by atoms with Gasteiger partial charge in [-0.1, -0.05) is 89.8 Å². The summed E-state index contributed by atoms with van der Waals surface area (Å²) in [6.45, 7) is 1.70. The van der Waals surface area contributed by atoms with Crippen LogP contribution in [-0.2, 0) is 6.54 Å². The zero-order valence-corrected chi connectivity index (χ0v) is 27.3. The zero-order chi connectivity index (χ0) is 29.1. The summed E-state index contributed by atoms with van der Waals surface area (Å²) in [6, 6.07) is 37.2. The van der Waals surface area contributed by atoms with Gasteiger partial charge >= 0.3 is 0 Å². The third kappa shape index (κ3) is 8.05. The van der Waals surface area contributed by atoms with E-state index in [1.165, 1.54) is 30.8 Å². The van der Waals surface area contributed by atoms with Crippen molar-refractivity contribution in [3.8, 4) is 0 Å². The van der Waals surface area contributed by atoms with Crippen LogP contribution in [0.25, 0.3) is 16.3 Å². The molecule has 0 atom stereocenters. The van der Waals surface area contributed by atoms with Crippen molar-refractivity contribution in [3.63, 3.8) is 0 Å². The number of anilines is 3. The molecule has 2 heterocycles. The van der Waals surface area contributed by atoms with Gasteiger partial charge < -0.3 is 21.9 Å². The van der Waals surface area contributed by atoms with E-state index < -0.39 is 0 Å². The molecule has 0 aliphatic carbocycles. The lowest BCUT2D eigenvalue weighted by molar-refractivity contribution is -0.667. The van der Waals surface area contributed by atoms with Crippen LogP contribution in [0.2, 0.25) is 0 Å². The molecule has 0 spiro atoms. The van der Waals surface area contributed by atoms with Crippen LogP contribution in [0.5, 0.6) is 0 Å². The van der Waals surface area contributed by atoms with Crippen LogP contribution in [0.1, 0.15) is 17.8 Å². The fourth-order valence-corrected chi connectivity index (χ4v) is 7.00. The highest BCUT2D eigenvalue weighted by molar-refractivity contribution is 8.03. The molecule has 222 valence electrons. The summed E-state index contributed by atoms with van der Waals surface area (Å²) >= 11 is 3.63. The summed E-state index contributed by atoms with van der Waals surface area (Å²) in [5.74, 6) is 0. The van der Waals surface area contributed by atoms with Gasteiger partial charge in [-0.2, -0.15) is 14.8 Å². The maximum Gasteiger partial charge on any atom is 0.262 e. The topological polar surface area (TPSA) is 55.9 Å². The van der Waals surface area contributed by atoms with Gasteiger partial charge in [0.1, 0.15) is 4.70 Å². The first kappa shape index (κ1) is 31.3. The second-order valence-electron chi connectivity index (χ2n) is 9.80. The van der Waals surface area contributed by atoms with Gasteiger partial charge in [0.15, 0.2) is 6.54 Å². The number of hydrazone groups is 2. The Bertz CT molecular complexity index is 1770. The number of thiazole rings is 1. The van der Waals surface area contributed by atoms with Crippen LogP contribution in [0.15, 0.2) is 141 Å². The zero-order valence-electron chi connectivity index (χ0n) is 24.1. The first-order chi connectivity index (χ1) is 21.3. The molecule has 0 unspecified atom stereocenters. The molecule has 0 radical (unpaired) electrons. The van der Waals surface area contributed by atoms with Crippen LogP contribution in [0.3, 0.4) is 0 Å².